The summed E-state index contributed by atoms with van der Waals surface area (Å²) in [5.74, 6) is -0.379. The Morgan fingerprint density at radius 1 is 0.733 bits per heavy atom. The topological polar surface area (TPSA) is 57.5 Å². The second kappa shape index (κ2) is 6.96. The van der Waals surface area contributed by atoms with Crippen molar-refractivity contribution in [3.63, 3.8) is 0 Å². The van der Waals surface area contributed by atoms with Gasteiger partial charge in [-0.25, -0.2) is 0 Å². The number of ketones is 1. The van der Waals surface area contributed by atoms with Crippen LogP contribution in [0.25, 0.3) is 0 Å². The normalized spacial score (nSPS) is 31.7. The first-order valence-corrected chi connectivity index (χ1v) is 6.11. The van der Waals surface area contributed by atoms with Crippen LogP contribution in [0.5, 0.6) is 0 Å². The van der Waals surface area contributed by atoms with Crippen molar-refractivity contribution in [1.29, 1.82) is 0 Å². The molecule has 0 aliphatic heterocycles. The number of hydrogen-bond donors (Lipinski definition) is 2. The number of aliphatic hydroxyl groups is 2. The monoisotopic (exact) mass is 214 g/mol. The molecule has 0 amide bonds. The van der Waals surface area contributed by atoms with Gasteiger partial charge in [0.25, 0.3) is 0 Å². The van der Waals surface area contributed by atoms with Crippen LogP contribution in [0.4, 0.5) is 0 Å². The zero-order valence-electron chi connectivity index (χ0n) is 9.32. The van der Waals surface area contributed by atoms with Gasteiger partial charge in [0.1, 0.15) is 12.2 Å². The van der Waals surface area contributed by atoms with Gasteiger partial charge in [-0.05, 0) is 12.8 Å². The van der Waals surface area contributed by atoms with Crippen LogP contribution in [0.1, 0.15) is 57.8 Å². The van der Waals surface area contributed by atoms with E-state index in [1.807, 2.05) is 0 Å². The van der Waals surface area contributed by atoms with Crippen LogP contribution < -0.4 is 0 Å². The van der Waals surface area contributed by atoms with Crippen LogP contribution in [0.3, 0.4) is 0 Å². The minimum atomic E-state index is -0.945. The van der Waals surface area contributed by atoms with Crippen molar-refractivity contribution >= 4 is 5.78 Å². The Bertz CT molecular complexity index is 173. The number of carbonyl (C=O) groups is 1. The molecule has 3 nitrogen and oxygen atoms in total. The zero-order chi connectivity index (χ0) is 11.1. The number of aliphatic hydroxyl groups excluding tert-OH is 2. The molecule has 1 rings (SSSR count). The summed E-state index contributed by atoms with van der Waals surface area (Å²) in [4.78, 5) is 11.5. The second-order valence-corrected chi connectivity index (χ2v) is 4.49. The Balaban J connectivity index is 2.40. The summed E-state index contributed by atoms with van der Waals surface area (Å²) < 4.78 is 0. The van der Waals surface area contributed by atoms with Crippen molar-refractivity contribution in [2.24, 2.45) is 0 Å². The van der Waals surface area contributed by atoms with Gasteiger partial charge in [-0.1, -0.05) is 44.9 Å². The van der Waals surface area contributed by atoms with Crippen molar-refractivity contribution in [3.8, 4) is 0 Å². The maximum absolute atomic E-state index is 11.5. The Kier molecular flexibility index (Phi) is 5.88. The van der Waals surface area contributed by atoms with Gasteiger partial charge < -0.3 is 10.2 Å². The Hall–Kier alpha value is -0.410. The molecule has 0 radical (unpaired) electrons. The van der Waals surface area contributed by atoms with Gasteiger partial charge in [0, 0.05) is 0 Å². The highest BCUT2D eigenvalue weighted by Gasteiger charge is 2.22. The van der Waals surface area contributed by atoms with Crippen LogP contribution in [-0.4, -0.2) is 28.2 Å². The smallest absolute Gasteiger partial charge is 0.189 e. The number of Topliss-reactive ketones (excluding diaryl/α,β-unsaturated/α-hetero) is 1. The van der Waals surface area contributed by atoms with E-state index < -0.39 is 12.2 Å². The van der Waals surface area contributed by atoms with E-state index >= 15 is 0 Å². The first-order chi connectivity index (χ1) is 7.22. The van der Waals surface area contributed by atoms with Gasteiger partial charge in [-0.2, -0.15) is 0 Å². The molecule has 0 bridgehead atoms. The van der Waals surface area contributed by atoms with E-state index in [1.54, 1.807) is 0 Å². The van der Waals surface area contributed by atoms with Crippen LogP contribution in [0.2, 0.25) is 0 Å². The lowest BCUT2D eigenvalue weighted by Crippen LogP contribution is -2.32. The Morgan fingerprint density at radius 3 is 1.47 bits per heavy atom. The molecular formula is C12H22O3. The van der Waals surface area contributed by atoms with Crippen LogP contribution in [0, 0.1) is 0 Å². The van der Waals surface area contributed by atoms with Crippen molar-refractivity contribution in [2.45, 2.75) is 70.0 Å². The molecule has 0 aromatic carbocycles. The lowest BCUT2D eigenvalue weighted by atomic mass is 9.97. The predicted octanol–water partition coefficient (Wildman–Crippen LogP) is 1.80. The van der Waals surface area contributed by atoms with Crippen molar-refractivity contribution in [3.05, 3.63) is 0 Å². The second-order valence-electron chi connectivity index (χ2n) is 4.49. The highest BCUT2D eigenvalue weighted by Crippen LogP contribution is 2.15. The number of carbonyl (C=O) groups excluding carboxylic acids is 1. The van der Waals surface area contributed by atoms with E-state index in [4.69, 9.17) is 0 Å². The van der Waals surface area contributed by atoms with Crippen LogP contribution in [-0.2, 0) is 4.79 Å². The van der Waals surface area contributed by atoms with E-state index in [0.29, 0.717) is 12.8 Å². The third kappa shape index (κ3) is 4.76. The largest absolute Gasteiger partial charge is 0.385 e. The van der Waals surface area contributed by atoms with Gasteiger partial charge in [0.2, 0.25) is 0 Å². The van der Waals surface area contributed by atoms with Gasteiger partial charge in [-0.3, -0.25) is 4.79 Å². The molecular weight excluding hydrogens is 192 g/mol. The Morgan fingerprint density at radius 2 is 1.07 bits per heavy atom. The van der Waals surface area contributed by atoms with Gasteiger partial charge in [-0.15, -0.1) is 0 Å². The lowest BCUT2D eigenvalue weighted by molar-refractivity contribution is -0.136. The summed E-state index contributed by atoms with van der Waals surface area (Å²) in [6.45, 7) is 0. The fraction of sp³-hybridized carbons (Fsp3) is 0.917. The quantitative estimate of drug-likeness (QED) is 0.646. The summed E-state index contributed by atoms with van der Waals surface area (Å²) in [6.07, 6.45) is 6.71. The molecule has 3 heteroatoms. The summed E-state index contributed by atoms with van der Waals surface area (Å²) in [6, 6.07) is 0. The third-order valence-corrected chi connectivity index (χ3v) is 3.11. The third-order valence-electron chi connectivity index (χ3n) is 3.11. The number of rotatable bonds is 0. The summed E-state index contributed by atoms with van der Waals surface area (Å²) in [7, 11) is 0. The molecule has 1 aliphatic carbocycles. The minimum Gasteiger partial charge on any atom is -0.385 e. The molecule has 0 spiro atoms. The van der Waals surface area contributed by atoms with Gasteiger partial charge in [0.15, 0.2) is 5.78 Å². The minimum absolute atomic E-state index is 0.379. The van der Waals surface area contributed by atoms with Gasteiger partial charge in [0.05, 0.1) is 0 Å². The van der Waals surface area contributed by atoms with Gasteiger partial charge >= 0.3 is 0 Å². The first-order valence-electron chi connectivity index (χ1n) is 6.11. The molecule has 15 heavy (non-hydrogen) atoms. The van der Waals surface area contributed by atoms with Crippen LogP contribution >= 0.6 is 0 Å². The molecule has 0 aromatic heterocycles. The average Bonchev–Trinajstić information content (AvgIpc) is 2.23. The summed E-state index contributed by atoms with van der Waals surface area (Å²) in [5.41, 5.74) is 0. The van der Waals surface area contributed by atoms with E-state index in [-0.39, 0.29) is 5.78 Å². The first kappa shape index (κ1) is 12.7. The molecule has 1 saturated carbocycles. The SMILES string of the molecule is O=C1C(O)CCCCCCCCCC1O. The highest BCUT2D eigenvalue weighted by atomic mass is 16.3. The fourth-order valence-corrected chi connectivity index (χ4v) is 2.07. The van der Waals surface area contributed by atoms with E-state index in [1.165, 1.54) is 19.3 Å². The number of hydrogen-bond acceptors (Lipinski definition) is 3. The molecule has 0 saturated heterocycles. The van der Waals surface area contributed by atoms with E-state index in [2.05, 4.69) is 0 Å². The van der Waals surface area contributed by atoms with E-state index in [0.717, 1.165) is 25.7 Å². The fourth-order valence-electron chi connectivity index (χ4n) is 2.07. The summed E-state index contributed by atoms with van der Waals surface area (Å²) in [5, 5.41) is 19.0. The van der Waals surface area contributed by atoms with Crippen LogP contribution in [0.15, 0.2) is 0 Å². The maximum atomic E-state index is 11.5. The molecule has 0 aromatic rings. The lowest BCUT2D eigenvalue weighted by Gasteiger charge is -2.15. The van der Waals surface area contributed by atoms with Crippen molar-refractivity contribution < 1.29 is 15.0 Å². The highest BCUT2D eigenvalue weighted by molar-refractivity contribution is 5.86. The zero-order valence-corrected chi connectivity index (χ0v) is 9.32. The predicted molar refractivity (Wildman–Crippen MR) is 58.6 cm³/mol. The molecule has 2 N–H and O–H groups in total. The average molecular weight is 214 g/mol. The molecule has 1 aliphatic rings. The van der Waals surface area contributed by atoms with E-state index in [9.17, 15) is 15.0 Å². The molecule has 88 valence electrons. The molecule has 0 heterocycles. The standard InChI is InChI=1S/C12H22O3/c13-10-8-6-4-2-1-3-5-7-9-11(14)12(10)15/h10-11,13-14H,1-9H2. The molecule has 2 atom stereocenters. The van der Waals surface area contributed by atoms with Crippen molar-refractivity contribution in [1.82, 2.24) is 0 Å². The Labute approximate surface area is 91.5 Å². The summed E-state index contributed by atoms with van der Waals surface area (Å²) >= 11 is 0. The van der Waals surface area contributed by atoms with Crippen molar-refractivity contribution in [2.75, 3.05) is 0 Å². The molecule has 2 unspecified atom stereocenters. The molecule has 1 fully saturated rings. The maximum Gasteiger partial charge on any atom is 0.189 e.